The molecule has 0 spiro atoms. The lowest BCUT2D eigenvalue weighted by atomic mass is 9.84. The lowest BCUT2D eigenvalue weighted by molar-refractivity contribution is 0.0974. The summed E-state index contributed by atoms with van der Waals surface area (Å²) in [5, 5.41) is 5.80. The van der Waals surface area contributed by atoms with E-state index in [9.17, 15) is 0 Å². The minimum absolute atomic E-state index is 0.558. The van der Waals surface area contributed by atoms with Gasteiger partial charge in [-0.2, -0.15) is 0 Å². The zero-order valence-electron chi connectivity index (χ0n) is 11.1. The fraction of sp³-hybridized carbons (Fsp3) is 0.571. The zero-order valence-corrected chi connectivity index (χ0v) is 11.9. The van der Waals surface area contributed by atoms with Crippen LogP contribution >= 0.6 is 11.3 Å². The van der Waals surface area contributed by atoms with Gasteiger partial charge in [0.15, 0.2) is 0 Å². The Hall–Kier alpha value is -1.20. The Labute approximate surface area is 116 Å². The number of hydrogen-bond donors (Lipinski definition) is 1. The number of rotatable bonds is 2. The summed E-state index contributed by atoms with van der Waals surface area (Å²) in [4.78, 5) is 11.7. The quantitative estimate of drug-likeness (QED) is 0.913. The van der Waals surface area contributed by atoms with E-state index in [1.807, 2.05) is 6.92 Å². The number of fused-ring (bicyclic) bond motifs is 4. The molecular weight excluding hydrogens is 256 g/mol. The van der Waals surface area contributed by atoms with Gasteiger partial charge in [-0.15, -0.1) is 11.3 Å². The van der Waals surface area contributed by atoms with Gasteiger partial charge in [-0.25, -0.2) is 9.97 Å². The van der Waals surface area contributed by atoms with Gasteiger partial charge in [0, 0.05) is 12.6 Å². The third-order valence-electron chi connectivity index (χ3n) is 4.39. The molecule has 0 amide bonds. The fourth-order valence-electron chi connectivity index (χ4n) is 3.38. The number of piperidine rings is 3. The van der Waals surface area contributed by atoms with Crippen LogP contribution in [-0.2, 0) is 0 Å². The van der Waals surface area contributed by atoms with Crippen LogP contribution in [-0.4, -0.2) is 40.5 Å². The van der Waals surface area contributed by atoms with Crippen molar-refractivity contribution in [2.45, 2.75) is 25.8 Å². The summed E-state index contributed by atoms with van der Waals surface area (Å²) in [7, 11) is 0. The average molecular weight is 274 g/mol. The molecule has 5 heterocycles. The van der Waals surface area contributed by atoms with E-state index in [0.29, 0.717) is 6.04 Å². The van der Waals surface area contributed by atoms with E-state index < -0.39 is 0 Å². The molecule has 19 heavy (non-hydrogen) atoms. The van der Waals surface area contributed by atoms with Crippen LogP contribution in [0.2, 0.25) is 0 Å². The molecular formula is C14H18N4S. The molecule has 2 aromatic rings. The van der Waals surface area contributed by atoms with Gasteiger partial charge in [0.05, 0.1) is 10.2 Å². The first-order valence-corrected chi connectivity index (χ1v) is 7.88. The lowest BCUT2D eigenvalue weighted by Gasteiger charge is -2.45. The molecule has 0 aliphatic carbocycles. The molecule has 4 nitrogen and oxygen atoms in total. The number of aryl methyl sites for hydroxylation is 1. The predicted octanol–water partition coefficient (Wildman–Crippen LogP) is 2.51. The highest BCUT2D eigenvalue weighted by atomic mass is 32.1. The van der Waals surface area contributed by atoms with E-state index in [-0.39, 0.29) is 0 Å². The zero-order chi connectivity index (χ0) is 12.8. The van der Waals surface area contributed by atoms with Crippen LogP contribution in [0.25, 0.3) is 10.2 Å². The molecule has 2 bridgehead atoms. The standard InChI is InChI=1S/C14H18N4S/c1-9-15-11-4-7-19-13(11)14(16-9)17-12-8-18-5-2-10(12)3-6-18/h4,7,10,12H,2-3,5-6,8H2,1H3,(H,15,16,17). The largest absolute Gasteiger partial charge is 0.364 e. The van der Waals surface area contributed by atoms with Crippen molar-refractivity contribution in [3.63, 3.8) is 0 Å². The Morgan fingerprint density at radius 1 is 1.32 bits per heavy atom. The van der Waals surface area contributed by atoms with E-state index in [1.165, 1.54) is 37.2 Å². The molecule has 3 saturated heterocycles. The summed E-state index contributed by atoms with van der Waals surface area (Å²) in [6.45, 7) is 5.69. The molecule has 100 valence electrons. The maximum Gasteiger partial charge on any atom is 0.148 e. The molecule has 3 aliphatic heterocycles. The van der Waals surface area contributed by atoms with E-state index >= 15 is 0 Å². The molecule has 0 aromatic carbocycles. The number of anilines is 1. The summed E-state index contributed by atoms with van der Waals surface area (Å²) in [5.41, 5.74) is 1.07. The third-order valence-corrected chi connectivity index (χ3v) is 5.30. The monoisotopic (exact) mass is 274 g/mol. The second-order valence-corrected chi connectivity index (χ2v) is 6.56. The van der Waals surface area contributed by atoms with Crippen LogP contribution in [0.5, 0.6) is 0 Å². The van der Waals surface area contributed by atoms with Crippen molar-refractivity contribution < 1.29 is 0 Å². The Bertz CT molecular complexity index is 601. The van der Waals surface area contributed by atoms with Gasteiger partial charge >= 0.3 is 0 Å². The van der Waals surface area contributed by atoms with Crippen molar-refractivity contribution in [2.75, 3.05) is 25.0 Å². The number of nitrogens with one attached hydrogen (secondary N) is 1. The topological polar surface area (TPSA) is 41.1 Å². The maximum atomic E-state index is 4.62. The van der Waals surface area contributed by atoms with Gasteiger partial charge in [-0.3, -0.25) is 0 Å². The lowest BCUT2D eigenvalue weighted by Crippen LogP contribution is -2.53. The van der Waals surface area contributed by atoms with Crippen molar-refractivity contribution in [3.05, 3.63) is 17.3 Å². The first-order chi connectivity index (χ1) is 9.29. The van der Waals surface area contributed by atoms with Gasteiger partial charge in [0.25, 0.3) is 0 Å². The highest BCUT2D eigenvalue weighted by molar-refractivity contribution is 7.17. The van der Waals surface area contributed by atoms with Crippen molar-refractivity contribution in [2.24, 2.45) is 5.92 Å². The minimum Gasteiger partial charge on any atom is -0.364 e. The summed E-state index contributed by atoms with van der Waals surface area (Å²) in [6, 6.07) is 2.64. The van der Waals surface area contributed by atoms with Gasteiger partial charge < -0.3 is 10.2 Å². The maximum absolute atomic E-state index is 4.62. The van der Waals surface area contributed by atoms with Crippen molar-refractivity contribution in [3.8, 4) is 0 Å². The second kappa shape index (κ2) is 4.42. The number of nitrogens with zero attached hydrogens (tertiary/aromatic N) is 3. The van der Waals surface area contributed by atoms with Gasteiger partial charge in [0.2, 0.25) is 0 Å². The summed E-state index contributed by atoms with van der Waals surface area (Å²) in [6.07, 6.45) is 2.66. The summed E-state index contributed by atoms with van der Waals surface area (Å²) in [5.74, 6) is 2.71. The van der Waals surface area contributed by atoms with Crippen molar-refractivity contribution in [1.29, 1.82) is 0 Å². The molecule has 0 radical (unpaired) electrons. The molecule has 3 fully saturated rings. The van der Waals surface area contributed by atoms with E-state index in [4.69, 9.17) is 0 Å². The van der Waals surface area contributed by atoms with Gasteiger partial charge in [0.1, 0.15) is 11.6 Å². The Balaban J connectivity index is 1.66. The smallest absolute Gasteiger partial charge is 0.148 e. The van der Waals surface area contributed by atoms with E-state index in [1.54, 1.807) is 11.3 Å². The van der Waals surface area contributed by atoms with E-state index in [0.717, 1.165) is 23.1 Å². The molecule has 1 N–H and O–H groups in total. The molecule has 2 aromatic heterocycles. The van der Waals surface area contributed by atoms with Crippen LogP contribution in [0.4, 0.5) is 5.82 Å². The van der Waals surface area contributed by atoms with Gasteiger partial charge in [-0.05, 0) is 50.2 Å². The Morgan fingerprint density at radius 3 is 2.89 bits per heavy atom. The molecule has 3 aliphatic rings. The highest BCUT2D eigenvalue weighted by Crippen LogP contribution is 2.32. The average Bonchev–Trinajstić information content (AvgIpc) is 2.88. The first kappa shape index (κ1) is 11.6. The predicted molar refractivity (Wildman–Crippen MR) is 78.7 cm³/mol. The number of thiophene rings is 1. The van der Waals surface area contributed by atoms with E-state index in [2.05, 4.69) is 31.6 Å². The molecule has 0 saturated carbocycles. The van der Waals surface area contributed by atoms with Crippen LogP contribution < -0.4 is 5.32 Å². The molecule has 1 atom stereocenters. The van der Waals surface area contributed by atoms with Crippen LogP contribution in [0, 0.1) is 12.8 Å². The van der Waals surface area contributed by atoms with Crippen LogP contribution in [0.15, 0.2) is 11.4 Å². The van der Waals surface area contributed by atoms with Gasteiger partial charge in [-0.1, -0.05) is 0 Å². The first-order valence-electron chi connectivity index (χ1n) is 7.00. The molecule has 5 rings (SSSR count). The summed E-state index contributed by atoms with van der Waals surface area (Å²) >= 11 is 1.73. The molecule has 5 heteroatoms. The highest BCUT2D eigenvalue weighted by Gasteiger charge is 2.34. The van der Waals surface area contributed by atoms with Crippen molar-refractivity contribution >= 4 is 27.4 Å². The van der Waals surface area contributed by atoms with Crippen LogP contribution in [0.1, 0.15) is 18.7 Å². The number of aromatic nitrogens is 2. The Kier molecular flexibility index (Phi) is 2.70. The van der Waals surface area contributed by atoms with Crippen molar-refractivity contribution in [1.82, 2.24) is 14.9 Å². The number of hydrogen-bond acceptors (Lipinski definition) is 5. The SMILES string of the molecule is Cc1nc(NC2CN3CCC2CC3)c2sccc2n1. The Morgan fingerprint density at radius 2 is 2.16 bits per heavy atom. The molecule has 1 unspecified atom stereocenters. The second-order valence-electron chi connectivity index (χ2n) is 5.64. The fourth-order valence-corrected chi connectivity index (χ4v) is 4.17. The third kappa shape index (κ3) is 2.01. The van der Waals surface area contributed by atoms with Crippen LogP contribution in [0.3, 0.4) is 0 Å². The normalized spacial score (nSPS) is 29.8. The minimum atomic E-state index is 0.558. The summed E-state index contributed by atoms with van der Waals surface area (Å²) < 4.78 is 1.20.